The minimum absolute atomic E-state index is 0.290. The van der Waals surface area contributed by atoms with Crippen LogP contribution in [0, 0.1) is 0 Å². The van der Waals surface area contributed by atoms with E-state index in [0.29, 0.717) is 11.4 Å². The zero-order valence-corrected chi connectivity index (χ0v) is 15.6. The fraction of sp³-hybridized carbons (Fsp3) is 0.222. The Bertz CT molecular complexity index is 980. The van der Waals surface area contributed by atoms with Crippen LogP contribution in [0.3, 0.4) is 0 Å². The molecule has 0 radical (unpaired) electrons. The summed E-state index contributed by atoms with van der Waals surface area (Å²) in [6.45, 7) is 2.04. The van der Waals surface area contributed by atoms with Crippen molar-refractivity contribution in [2.24, 2.45) is 0 Å². The molecule has 1 N–H and O–H groups in total. The van der Waals surface area contributed by atoms with Crippen LogP contribution in [-0.4, -0.2) is 31.7 Å². The first-order valence-electron chi connectivity index (χ1n) is 8.37. The van der Waals surface area contributed by atoms with Crippen molar-refractivity contribution in [2.45, 2.75) is 17.1 Å². The van der Waals surface area contributed by atoms with Crippen LogP contribution in [0.15, 0.2) is 58.1 Å². The summed E-state index contributed by atoms with van der Waals surface area (Å²) in [6, 6.07) is 14.4. The van der Waals surface area contributed by atoms with E-state index in [1.165, 1.54) is 24.2 Å². The van der Waals surface area contributed by atoms with Crippen molar-refractivity contribution in [3.8, 4) is 11.3 Å². The van der Waals surface area contributed by atoms with E-state index in [2.05, 4.69) is 19.8 Å². The normalized spacial score (nSPS) is 14.5. The van der Waals surface area contributed by atoms with E-state index in [-0.39, 0.29) is 4.21 Å². The highest BCUT2D eigenvalue weighted by Gasteiger charge is 2.16. The summed E-state index contributed by atoms with van der Waals surface area (Å²) in [6.07, 6.45) is 2.38. The Morgan fingerprint density at radius 1 is 1.00 bits per heavy atom. The SMILES string of the molecule is O=S(=O)(Nc1cccc(-c2ccc(N3CCCC3)nn2)c1)c1cccs1. The lowest BCUT2D eigenvalue weighted by molar-refractivity contribution is 0.603. The molecule has 0 spiro atoms. The van der Waals surface area contributed by atoms with Crippen LogP contribution in [-0.2, 0) is 10.0 Å². The quantitative estimate of drug-likeness (QED) is 0.725. The molecule has 134 valence electrons. The Morgan fingerprint density at radius 3 is 2.54 bits per heavy atom. The Morgan fingerprint density at radius 2 is 1.85 bits per heavy atom. The molecule has 3 heterocycles. The van der Waals surface area contributed by atoms with Gasteiger partial charge in [-0.3, -0.25) is 4.72 Å². The van der Waals surface area contributed by atoms with Crippen molar-refractivity contribution in [2.75, 3.05) is 22.7 Å². The molecule has 4 rings (SSSR count). The van der Waals surface area contributed by atoms with Crippen molar-refractivity contribution in [1.82, 2.24) is 10.2 Å². The number of aromatic nitrogens is 2. The molecular formula is C18H18N4O2S2. The summed E-state index contributed by atoms with van der Waals surface area (Å²) >= 11 is 1.19. The summed E-state index contributed by atoms with van der Waals surface area (Å²) < 4.78 is 27.6. The number of anilines is 2. The summed E-state index contributed by atoms with van der Waals surface area (Å²) in [5.74, 6) is 0.890. The Labute approximate surface area is 156 Å². The van der Waals surface area contributed by atoms with Gasteiger partial charge in [-0.15, -0.1) is 21.5 Å². The van der Waals surface area contributed by atoms with E-state index < -0.39 is 10.0 Å². The molecule has 1 aromatic carbocycles. The van der Waals surface area contributed by atoms with E-state index in [0.717, 1.165) is 24.5 Å². The van der Waals surface area contributed by atoms with Gasteiger partial charge in [-0.1, -0.05) is 18.2 Å². The summed E-state index contributed by atoms with van der Waals surface area (Å²) in [4.78, 5) is 2.22. The molecule has 0 amide bonds. The monoisotopic (exact) mass is 386 g/mol. The third-order valence-electron chi connectivity index (χ3n) is 4.25. The van der Waals surface area contributed by atoms with Gasteiger partial charge >= 0.3 is 0 Å². The minimum atomic E-state index is -3.56. The maximum Gasteiger partial charge on any atom is 0.271 e. The van der Waals surface area contributed by atoms with Crippen LogP contribution in [0.5, 0.6) is 0 Å². The van der Waals surface area contributed by atoms with Gasteiger partial charge in [0.05, 0.1) is 5.69 Å². The second kappa shape index (κ2) is 7.05. The van der Waals surface area contributed by atoms with Gasteiger partial charge in [-0.25, -0.2) is 8.42 Å². The zero-order valence-electron chi connectivity index (χ0n) is 14.0. The van der Waals surface area contributed by atoms with Gasteiger partial charge in [-0.2, -0.15) is 0 Å². The molecule has 1 fully saturated rings. The highest BCUT2D eigenvalue weighted by atomic mass is 32.2. The predicted molar refractivity (Wildman–Crippen MR) is 104 cm³/mol. The Hall–Kier alpha value is -2.45. The number of nitrogens with one attached hydrogen (secondary N) is 1. The molecule has 26 heavy (non-hydrogen) atoms. The molecule has 0 saturated carbocycles. The lowest BCUT2D eigenvalue weighted by atomic mass is 10.1. The van der Waals surface area contributed by atoms with Gasteiger partial charge < -0.3 is 4.90 Å². The predicted octanol–water partition coefficient (Wildman–Crippen LogP) is 3.61. The topological polar surface area (TPSA) is 75.2 Å². The molecule has 1 saturated heterocycles. The van der Waals surface area contributed by atoms with E-state index >= 15 is 0 Å². The maximum absolute atomic E-state index is 12.4. The average molecular weight is 387 g/mol. The highest BCUT2D eigenvalue weighted by Crippen LogP contribution is 2.25. The molecule has 0 unspecified atom stereocenters. The molecule has 2 aromatic heterocycles. The van der Waals surface area contributed by atoms with Crippen molar-refractivity contribution < 1.29 is 8.42 Å². The van der Waals surface area contributed by atoms with E-state index in [1.54, 1.807) is 35.7 Å². The number of rotatable bonds is 5. The molecular weight excluding hydrogens is 368 g/mol. The maximum atomic E-state index is 12.4. The first-order chi connectivity index (χ1) is 12.6. The number of benzene rings is 1. The second-order valence-corrected chi connectivity index (χ2v) is 8.95. The van der Waals surface area contributed by atoms with Crippen molar-refractivity contribution in [3.05, 3.63) is 53.9 Å². The third kappa shape index (κ3) is 3.56. The van der Waals surface area contributed by atoms with Crippen LogP contribution >= 0.6 is 11.3 Å². The molecule has 1 aliphatic rings. The number of sulfonamides is 1. The lowest BCUT2D eigenvalue weighted by Crippen LogP contribution is -2.19. The lowest BCUT2D eigenvalue weighted by Gasteiger charge is -2.15. The van der Waals surface area contributed by atoms with Gasteiger partial charge in [0.2, 0.25) is 0 Å². The number of hydrogen-bond acceptors (Lipinski definition) is 6. The highest BCUT2D eigenvalue weighted by molar-refractivity contribution is 7.94. The van der Waals surface area contributed by atoms with Crippen LogP contribution in [0.1, 0.15) is 12.8 Å². The summed E-state index contributed by atoms with van der Waals surface area (Å²) in [5.41, 5.74) is 2.03. The smallest absolute Gasteiger partial charge is 0.271 e. The second-order valence-electron chi connectivity index (χ2n) is 6.09. The summed E-state index contributed by atoms with van der Waals surface area (Å²) in [5, 5.41) is 10.4. The number of thiophene rings is 1. The molecule has 0 atom stereocenters. The molecule has 8 heteroatoms. The van der Waals surface area contributed by atoms with Gasteiger partial charge in [0.1, 0.15) is 4.21 Å². The van der Waals surface area contributed by atoms with E-state index in [1.807, 2.05) is 18.2 Å². The Balaban J connectivity index is 1.56. The van der Waals surface area contributed by atoms with E-state index in [4.69, 9.17) is 0 Å². The van der Waals surface area contributed by atoms with Crippen LogP contribution < -0.4 is 9.62 Å². The standard InChI is InChI=1S/C18H18N4O2S2/c23-26(24,18-7-4-12-25-18)21-15-6-3-5-14(13-15)16-8-9-17(20-19-16)22-10-1-2-11-22/h3-9,12-13,21H,1-2,10-11H2. The minimum Gasteiger partial charge on any atom is -0.355 e. The Kier molecular flexibility index (Phi) is 4.60. The van der Waals surface area contributed by atoms with Crippen LogP contribution in [0.4, 0.5) is 11.5 Å². The molecule has 1 aliphatic heterocycles. The molecule has 0 bridgehead atoms. The fourth-order valence-corrected chi connectivity index (χ4v) is 5.00. The zero-order chi connectivity index (χ0) is 18.0. The van der Waals surface area contributed by atoms with Crippen molar-refractivity contribution in [3.63, 3.8) is 0 Å². The molecule has 0 aliphatic carbocycles. The fourth-order valence-electron chi connectivity index (χ4n) is 2.96. The van der Waals surface area contributed by atoms with Crippen LogP contribution in [0.2, 0.25) is 0 Å². The first-order valence-corrected chi connectivity index (χ1v) is 10.7. The van der Waals surface area contributed by atoms with Gasteiger partial charge in [0.15, 0.2) is 5.82 Å². The summed E-state index contributed by atoms with van der Waals surface area (Å²) in [7, 11) is -3.56. The number of hydrogen-bond donors (Lipinski definition) is 1. The molecule has 6 nitrogen and oxygen atoms in total. The van der Waals surface area contributed by atoms with Crippen molar-refractivity contribution >= 4 is 32.9 Å². The van der Waals surface area contributed by atoms with Gasteiger partial charge in [0.25, 0.3) is 10.0 Å². The van der Waals surface area contributed by atoms with Crippen LogP contribution in [0.25, 0.3) is 11.3 Å². The average Bonchev–Trinajstić information content (AvgIpc) is 3.36. The van der Waals surface area contributed by atoms with Crippen molar-refractivity contribution in [1.29, 1.82) is 0 Å². The number of nitrogens with zero attached hydrogens (tertiary/aromatic N) is 3. The van der Waals surface area contributed by atoms with E-state index in [9.17, 15) is 8.42 Å². The van der Waals surface area contributed by atoms with Gasteiger partial charge in [0, 0.05) is 24.3 Å². The van der Waals surface area contributed by atoms with Gasteiger partial charge in [-0.05, 0) is 48.6 Å². The molecule has 3 aromatic rings. The third-order valence-corrected chi connectivity index (χ3v) is 7.03. The first kappa shape index (κ1) is 17.0. The largest absolute Gasteiger partial charge is 0.355 e.